The average molecular weight is 569 g/mol. The maximum atomic E-state index is 13.5. The van der Waals surface area contributed by atoms with Gasteiger partial charge in [0.2, 0.25) is 0 Å². The SMILES string of the molecule is CCOC(=O)[C@@H]1[C@@H](c2ccccc2)C[C@H](CC[C@@H](NC(=O)OCc2ccccc2)C(=O)OC)N1C(=O)OC(C)(C)C. The van der Waals surface area contributed by atoms with E-state index in [9.17, 15) is 19.2 Å². The number of esters is 2. The van der Waals surface area contributed by atoms with Gasteiger partial charge >= 0.3 is 24.1 Å². The zero-order chi connectivity index (χ0) is 30.0. The zero-order valence-corrected chi connectivity index (χ0v) is 24.3. The lowest BCUT2D eigenvalue weighted by molar-refractivity contribution is -0.149. The first-order chi connectivity index (χ1) is 19.5. The minimum atomic E-state index is -1.03. The van der Waals surface area contributed by atoms with Gasteiger partial charge in [-0.1, -0.05) is 60.7 Å². The van der Waals surface area contributed by atoms with Gasteiger partial charge in [-0.2, -0.15) is 0 Å². The van der Waals surface area contributed by atoms with Crippen LogP contribution in [0.5, 0.6) is 0 Å². The highest BCUT2D eigenvalue weighted by Crippen LogP contribution is 2.41. The van der Waals surface area contributed by atoms with Crippen LogP contribution in [0, 0.1) is 0 Å². The van der Waals surface area contributed by atoms with Gasteiger partial charge in [-0.3, -0.25) is 4.90 Å². The molecule has 41 heavy (non-hydrogen) atoms. The number of carbonyl (C=O) groups excluding carboxylic acids is 4. The fourth-order valence-corrected chi connectivity index (χ4v) is 4.97. The Morgan fingerprint density at radius 2 is 1.61 bits per heavy atom. The molecular formula is C31H40N2O8. The van der Waals surface area contributed by atoms with E-state index in [-0.39, 0.29) is 32.0 Å². The molecule has 2 aromatic rings. The van der Waals surface area contributed by atoms with Crippen molar-refractivity contribution in [1.82, 2.24) is 10.2 Å². The molecule has 1 heterocycles. The van der Waals surface area contributed by atoms with Crippen molar-refractivity contribution in [2.45, 2.75) is 83.2 Å². The lowest BCUT2D eigenvalue weighted by Crippen LogP contribution is -2.49. The van der Waals surface area contributed by atoms with Crippen LogP contribution in [0.3, 0.4) is 0 Å². The monoisotopic (exact) mass is 568 g/mol. The summed E-state index contributed by atoms with van der Waals surface area (Å²) in [5.74, 6) is -1.53. The van der Waals surface area contributed by atoms with Crippen molar-refractivity contribution in [2.75, 3.05) is 13.7 Å². The highest BCUT2D eigenvalue weighted by Gasteiger charge is 2.50. The Morgan fingerprint density at radius 3 is 2.20 bits per heavy atom. The minimum absolute atomic E-state index is 0.0373. The normalized spacial score (nSPS) is 19.1. The number of hydrogen-bond donors (Lipinski definition) is 1. The number of methoxy groups -OCH3 is 1. The Hall–Kier alpha value is -4.08. The van der Waals surface area contributed by atoms with Crippen LogP contribution in [0.15, 0.2) is 60.7 Å². The molecule has 1 fully saturated rings. The Bertz CT molecular complexity index is 1170. The molecule has 4 atom stereocenters. The van der Waals surface area contributed by atoms with Crippen LogP contribution in [0.1, 0.15) is 64.0 Å². The molecule has 3 rings (SSSR count). The Kier molecular flexibility index (Phi) is 11.1. The van der Waals surface area contributed by atoms with Gasteiger partial charge in [0, 0.05) is 12.0 Å². The molecule has 222 valence electrons. The zero-order valence-electron chi connectivity index (χ0n) is 24.3. The first-order valence-corrected chi connectivity index (χ1v) is 13.8. The third-order valence-corrected chi connectivity index (χ3v) is 6.74. The molecule has 0 aliphatic carbocycles. The van der Waals surface area contributed by atoms with Crippen molar-refractivity contribution in [3.63, 3.8) is 0 Å². The van der Waals surface area contributed by atoms with Crippen LogP contribution in [0.25, 0.3) is 0 Å². The van der Waals surface area contributed by atoms with Crippen molar-refractivity contribution >= 4 is 24.1 Å². The quantitative estimate of drug-likeness (QED) is 0.315. The molecule has 0 unspecified atom stereocenters. The molecule has 1 N–H and O–H groups in total. The molecule has 0 radical (unpaired) electrons. The van der Waals surface area contributed by atoms with Gasteiger partial charge in [-0.15, -0.1) is 0 Å². The standard InChI is InChI=1S/C31H40N2O8/c1-6-39-28(35)26-24(22-15-11-8-12-16-22)19-23(33(26)30(37)41-31(2,3)4)17-18-25(27(34)38-5)32-29(36)40-20-21-13-9-7-10-14-21/h7-16,23-26H,6,17-20H2,1-5H3,(H,32,36)/t23-,24+,25+,26-/m0/s1. The molecular weight excluding hydrogens is 528 g/mol. The largest absolute Gasteiger partial charge is 0.467 e. The lowest BCUT2D eigenvalue weighted by atomic mass is 9.90. The van der Waals surface area contributed by atoms with E-state index in [4.69, 9.17) is 18.9 Å². The van der Waals surface area contributed by atoms with Crippen molar-refractivity contribution in [1.29, 1.82) is 0 Å². The lowest BCUT2D eigenvalue weighted by Gasteiger charge is -2.33. The second-order valence-electron chi connectivity index (χ2n) is 10.9. The minimum Gasteiger partial charge on any atom is -0.467 e. The number of amides is 2. The van der Waals surface area contributed by atoms with Gasteiger partial charge in [-0.25, -0.2) is 19.2 Å². The summed E-state index contributed by atoms with van der Waals surface area (Å²) < 4.78 is 21.3. The van der Waals surface area contributed by atoms with Crippen LogP contribution in [0.2, 0.25) is 0 Å². The Balaban J connectivity index is 1.82. The van der Waals surface area contributed by atoms with E-state index < -0.39 is 47.9 Å². The van der Waals surface area contributed by atoms with Gasteiger partial charge in [0.15, 0.2) is 0 Å². The van der Waals surface area contributed by atoms with E-state index in [1.165, 1.54) is 12.0 Å². The number of carbonyl (C=O) groups is 4. The average Bonchev–Trinajstić information content (AvgIpc) is 3.34. The number of rotatable bonds is 10. The van der Waals surface area contributed by atoms with Gasteiger partial charge in [0.05, 0.1) is 13.7 Å². The van der Waals surface area contributed by atoms with Crippen LogP contribution >= 0.6 is 0 Å². The fourth-order valence-electron chi connectivity index (χ4n) is 4.97. The third-order valence-electron chi connectivity index (χ3n) is 6.74. The number of hydrogen-bond acceptors (Lipinski definition) is 8. The highest BCUT2D eigenvalue weighted by atomic mass is 16.6. The van der Waals surface area contributed by atoms with E-state index in [0.717, 1.165) is 11.1 Å². The van der Waals surface area contributed by atoms with Crippen molar-refractivity contribution in [2.24, 2.45) is 0 Å². The summed E-state index contributed by atoms with van der Waals surface area (Å²) in [5, 5.41) is 2.58. The molecule has 2 amide bonds. The fraction of sp³-hybridized carbons (Fsp3) is 0.484. The maximum Gasteiger partial charge on any atom is 0.411 e. The summed E-state index contributed by atoms with van der Waals surface area (Å²) in [6.45, 7) is 7.16. The molecule has 0 saturated carbocycles. The van der Waals surface area contributed by atoms with Crippen LogP contribution < -0.4 is 5.32 Å². The second kappa shape index (κ2) is 14.5. The smallest absolute Gasteiger partial charge is 0.411 e. The number of likely N-dealkylation sites (tertiary alicyclic amines) is 1. The van der Waals surface area contributed by atoms with Crippen molar-refractivity contribution in [3.8, 4) is 0 Å². The molecule has 10 nitrogen and oxygen atoms in total. The molecule has 1 aliphatic rings. The molecule has 0 spiro atoms. The van der Waals surface area contributed by atoms with Gasteiger partial charge in [0.1, 0.15) is 24.3 Å². The molecule has 0 aromatic heterocycles. The first kappa shape index (κ1) is 31.4. The summed E-state index contributed by atoms with van der Waals surface area (Å²) in [6, 6.07) is 16.2. The molecule has 0 bridgehead atoms. The van der Waals surface area contributed by atoms with E-state index in [0.29, 0.717) is 6.42 Å². The summed E-state index contributed by atoms with van der Waals surface area (Å²) in [5.41, 5.74) is 0.881. The van der Waals surface area contributed by atoms with E-state index in [1.807, 2.05) is 60.7 Å². The predicted molar refractivity (Wildman–Crippen MR) is 151 cm³/mol. The molecule has 2 aromatic carbocycles. The van der Waals surface area contributed by atoms with E-state index >= 15 is 0 Å². The summed E-state index contributed by atoms with van der Waals surface area (Å²) in [4.78, 5) is 53.3. The number of alkyl carbamates (subject to hydrolysis) is 1. The van der Waals surface area contributed by atoms with Crippen molar-refractivity contribution in [3.05, 3.63) is 71.8 Å². The summed E-state index contributed by atoms with van der Waals surface area (Å²) in [6.07, 6.45) is -0.584. The predicted octanol–water partition coefficient (Wildman–Crippen LogP) is 4.96. The highest BCUT2D eigenvalue weighted by molar-refractivity contribution is 5.84. The van der Waals surface area contributed by atoms with Crippen molar-refractivity contribution < 1.29 is 38.1 Å². The van der Waals surface area contributed by atoms with E-state index in [1.54, 1.807) is 27.7 Å². The summed E-state index contributed by atoms with van der Waals surface area (Å²) in [7, 11) is 1.23. The molecule has 10 heteroatoms. The first-order valence-electron chi connectivity index (χ1n) is 13.8. The Labute approximate surface area is 241 Å². The topological polar surface area (TPSA) is 120 Å². The van der Waals surface area contributed by atoms with Crippen LogP contribution in [-0.2, 0) is 35.1 Å². The van der Waals surface area contributed by atoms with E-state index in [2.05, 4.69) is 5.32 Å². The number of benzene rings is 2. The van der Waals surface area contributed by atoms with Crippen LogP contribution in [0.4, 0.5) is 9.59 Å². The maximum absolute atomic E-state index is 13.5. The summed E-state index contributed by atoms with van der Waals surface area (Å²) >= 11 is 0. The number of nitrogens with one attached hydrogen (secondary N) is 1. The van der Waals surface area contributed by atoms with Gasteiger partial charge in [-0.05, 0) is 58.1 Å². The number of ether oxygens (including phenoxy) is 4. The third kappa shape index (κ3) is 8.96. The second-order valence-corrected chi connectivity index (χ2v) is 10.9. The number of nitrogens with zero attached hydrogens (tertiary/aromatic N) is 1. The van der Waals surface area contributed by atoms with Gasteiger partial charge < -0.3 is 24.3 Å². The van der Waals surface area contributed by atoms with Gasteiger partial charge in [0.25, 0.3) is 0 Å². The molecule has 1 aliphatic heterocycles. The van der Waals surface area contributed by atoms with Crippen LogP contribution in [-0.4, -0.2) is 66.5 Å². The molecule has 1 saturated heterocycles. The Morgan fingerprint density at radius 1 is 0.976 bits per heavy atom.